The number of nitrogens with zero attached hydrogens (tertiary/aromatic N) is 6. The van der Waals surface area contributed by atoms with Crippen molar-refractivity contribution in [2.75, 3.05) is 11.4 Å². The van der Waals surface area contributed by atoms with Crippen molar-refractivity contribution >= 4 is 45.8 Å². The molecule has 3 atom stereocenters. The molecule has 3 unspecified atom stereocenters. The summed E-state index contributed by atoms with van der Waals surface area (Å²) in [6.07, 6.45) is 3.59. The van der Waals surface area contributed by atoms with E-state index in [2.05, 4.69) is 75.1 Å². The number of halogens is 2. The van der Waals surface area contributed by atoms with Crippen LogP contribution in [-0.2, 0) is 0 Å². The van der Waals surface area contributed by atoms with E-state index in [4.69, 9.17) is 27.7 Å². The number of piperidine rings is 1. The molecule has 2 aliphatic rings. The first-order chi connectivity index (χ1) is 19.7. The van der Waals surface area contributed by atoms with Gasteiger partial charge in [-0.05, 0) is 88.4 Å². The third-order valence-electron chi connectivity index (χ3n) is 8.48. The number of anilines is 1. The molecule has 210 valence electrons. The molecule has 2 bridgehead atoms. The van der Waals surface area contributed by atoms with Crippen LogP contribution in [0.25, 0.3) is 22.5 Å². The highest BCUT2D eigenvalue weighted by Gasteiger charge is 2.48. The Labute approximate surface area is 247 Å². The molecular formula is C30H29Cl2N7O2. The Morgan fingerprint density at radius 2 is 1.76 bits per heavy atom. The molecule has 1 aliphatic carbocycles. The molecule has 0 spiro atoms. The topological polar surface area (TPSA) is 94.0 Å². The van der Waals surface area contributed by atoms with Crippen molar-refractivity contribution in [1.29, 1.82) is 0 Å². The number of nitrogens with one attached hydrogen (secondary N) is 1. The smallest absolute Gasteiger partial charge is 0.254 e. The highest BCUT2D eigenvalue weighted by molar-refractivity contribution is 6.40. The van der Waals surface area contributed by atoms with Crippen LogP contribution in [0.15, 0.2) is 47.2 Å². The fourth-order valence-corrected chi connectivity index (χ4v) is 7.27. The minimum Gasteiger partial charge on any atom is -0.363 e. The van der Waals surface area contributed by atoms with Crippen molar-refractivity contribution in [1.82, 2.24) is 29.8 Å². The van der Waals surface area contributed by atoms with Gasteiger partial charge in [0, 0.05) is 24.0 Å². The third-order valence-corrected chi connectivity index (χ3v) is 9.08. The zero-order valence-electron chi connectivity index (χ0n) is 23.2. The molecule has 1 amide bonds. The normalized spacial score (nSPS) is 20.0. The lowest BCUT2D eigenvalue weighted by molar-refractivity contribution is 0.0932. The van der Waals surface area contributed by atoms with E-state index in [1.54, 1.807) is 30.1 Å². The highest BCUT2D eigenvalue weighted by atomic mass is 35.5. The molecule has 1 saturated carbocycles. The van der Waals surface area contributed by atoms with Gasteiger partial charge in [0.2, 0.25) is 0 Å². The van der Waals surface area contributed by atoms with Crippen LogP contribution in [0.2, 0.25) is 10.0 Å². The van der Waals surface area contributed by atoms with E-state index in [-0.39, 0.29) is 33.6 Å². The van der Waals surface area contributed by atoms with Crippen LogP contribution in [0.1, 0.15) is 46.0 Å². The van der Waals surface area contributed by atoms with Crippen LogP contribution >= 0.6 is 23.2 Å². The second kappa shape index (κ2) is 9.63. The standard InChI is InChI=1S/C30H29Cl2N7O2/c1-15-9-21-28(41-36-29(21)39-16(2)5-6-17(39)3)25(10-15)37-13-19-7-8-24(37)27(19)34-30(40)26-22(31)11-20(12-23(26)32)38-14-33-18(4)35-38/h5-6,9-12,14,19,24,27H,7-8,13H2,1-4H3,(H,34,40). The number of rotatable bonds is 5. The number of carbonyl (C=O) groups is 1. The predicted molar refractivity (Wildman–Crippen MR) is 159 cm³/mol. The average Bonchev–Trinajstić information content (AvgIpc) is 3.75. The van der Waals surface area contributed by atoms with E-state index in [0.717, 1.165) is 58.8 Å². The molecule has 2 aromatic carbocycles. The van der Waals surface area contributed by atoms with Gasteiger partial charge < -0.3 is 14.7 Å². The molecule has 41 heavy (non-hydrogen) atoms. The molecule has 1 N–H and O–H groups in total. The SMILES string of the molecule is Cc1cc(N2CC3CCC2C3NC(=O)c2c(Cl)cc(-n3cnc(C)n3)cc2Cl)c2onc(-n3c(C)ccc3C)c2c1. The van der Waals surface area contributed by atoms with Gasteiger partial charge in [0.15, 0.2) is 11.4 Å². The molecule has 11 heteroatoms. The van der Waals surface area contributed by atoms with Gasteiger partial charge in [0.05, 0.1) is 38.4 Å². The van der Waals surface area contributed by atoms with Gasteiger partial charge in [-0.15, -0.1) is 0 Å². The van der Waals surface area contributed by atoms with Crippen molar-refractivity contribution in [2.24, 2.45) is 5.92 Å². The molecule has 4 heterocycles. The zero-order valence-corrected chi connectivity index (χ0v) is 24.7. The van der Waals surface area contributed by atoms with Crippen LogP contribution < -0.4 is 10.2 Å². The van der Waals surface area contributed by atoms with Crippen LogP contribution in [0, 0.1) is 33.6 Å². The second-order valence-corrected chi connectivity index (χ2v) is 12.0. The van der Waals surface area contributed by atoms with E-state index in [9.17, 15) is 4.79 Å². The van der Waals surface area contributed by atoms with E-state index >= 15 is 0 Å². The van der Waals surface area contributed by atoms with Gasteiger partial charge in [0.25, 0.3) is 5.91 Å². The first kappa shape index (κ1) is 26.1. The minimum atomic E-state index is -0.278. The van der Waals surface area contributed by atoms with Gasteiger partial charge in [-0.3, -0.25) is 9.36 Å². The maximum atomic E-state index is 13.6. The second-order valence-electron chi connectivity index (χ2n) is 11.2. The quantitative estimate of drug-likeness (QED) is 0.265. The molecule has 7 rings (SSSR count). The Hall–Kier alpha value is -3.82. The number of hydrogen-bond donors (Lipinski definition) is 1. The molecule has 9 nitrogen and oxygen atoms in total. The van der Waals surface area contributed by atoms with Crippen molar-refractivity contribution in [3.8, 4) is 11.5 Å². The van der Waals surface area contributed by atoms with E-state index < -0.39 is 0 Å². The Morgan fingerprint density at radius 3 is 2.44 bits per heavy atom. The van der Waals surface area contributed by atoms with Gasteiger partial charge >= 0.3 is 0 Å². The summed E-state index contributed by atoms with van der Waals surface area (Å²) in [7, 11) is 0. The average molecular weight is 591 g/mol. The van der Waals surface area contributed by atoms with Crippen LogP contribution in [0.3, 0.4) is 0 Å². The van der Waals surface area contributed by atoms with E-state index in [1.165, 1.54) is 0 Å². The summed E-state index contributed by atoms with van der Waals surface area (Å²) in [5, 5.41) is 13.6. The summed E-state index contributed by atoms with van der Waals surface area (Å²) >= 11 is 13.2. The molecule has 2 fully saturated rings. The Bertz CT molecular complexity index is 1800. The third kappa shape index (κ3) is 4.21. The van der Waals surface area contributed by atoms with Crippen LogP contribution in [-0.4, -0.2) is 49.0 Å². The van der Waals surface area contributed by atoms with Crippen molar-refractivity contribution in [3.05, 3.63) is 81.1 Å². The van der Waals surface area contributed by atoms with Gasteiger partial charge in [0.1, 0.15) is 12.2 Å². The monoisotopic (exact) mass is 589 g/mol. The lowest BCUT2D eigenvalue weighted by Gasteiger charge is -2.30. The number of hydrogen-bond acceptors (Lipinski definition) is 6. The van der Waals surface area contributed by atoms with Gasteiger partial charge in [-0.25, -0.2) is 9.67 Å². The molecule has 1 aliphatic heterocycles. The van der Waals surface area contributed by atoms with E-state index in [1.807, 2.05) is 0 Å². The first-order valence-electron chi connectivity index (χ1n) is 13.7. The number of benzene rings is 2. The lowest BCUT2D eigenvalue weighted by Crippen LogP contribution is -2.44. The Kier molecular flexibility index (Phi) is 6.13. The molecule has 0 radical (unpaired) electrons. The predicted octanol–water partition coefficient (Wildman–Crippen LogP) is 6.14. The summed E-state index contributed by atoms with van der Waals surface area (Å²) in [6, 6.07) is 11.9. The molecule has 3 aromatic heterocycles. The van der Waals surface area contributed by atoms with Gasteiger partial charge in [-0.2, -0.15) is 5.10 Å². The molecular weight excluding hydrogens is 561 g/mol. The minimum absolute atomic E-state index is 0.0424. The summed E-state index contributed by atoms with van der Waals surface area (Å²) in [4.78, 5) is 20.1. The summed E-state index contributed by atoms with van der Waals surface area (Å²) in [5.41, 5.74) is 6.02. The zero-order chi connectivity index (χ0) is 28.6. The molecule has 5 aromatic rings. The lowest BCUT2D eigenvalue weighted by atomic mass is 10.1. The fourth-order valence-electron chi connectivity index (χ4n) is 6.63. The number of amides is 1. The van der Waals surface area contributed by atoms with Crippen molar-refractivity contribution in [3.63, 3.8) is 0 Å². The largest absolute Gasteiger partial charge is 0.363 e. The Balaban J connectivity index is 1.18. The maximum Gasteiger partial charge on any atom is 0.254 e. The van der Waals surface area contributed by atoms with Gasteiger partial charge in [-0.1, -0.05) is 28.4 Å². The highest BCUT2D eigenvalue weighted by Crippen LogP contribution is 2.44. The first-order valence-corrected chi connectivity index (χ1v) is 14.5. The number of fused-ring (bicyclic) bond motifs is 3. The van der Waals surface area contributed by atoms with Crippen LogP contribution in [0.5, 0.6) is 0 Å². The van der Waals surface area contributed by atoms with Crippen molar-refractivity contribution < 1.29 is 9.32 Å². The van der Waals surface area contributed by atoms with Crippen LogP contribution in [0.4, 0.5) is 5.69 Å². The summed E-state index contributed by atoms with van der Waals surface area (Å²) < 4.78 is 9.71. The maximum absolute atomic E-state index is 13.6. The van der Waals surface area contributed by atoms with Crippen molar-refractivity contribution in [2.45, 2.75) is 52.6 Å². The summed E-state index contributed by atoms with van der Waals surface area (Å²) in [6.45, 7) is 8.85. The van der Waals surface area contributed by atoms with E-state index in [0.29, 0.717) is 17.4 Å². The Morgan fingerprint density at radius 1 is 1.02 bits per heavy atom. The number of carbonyl (C=O) groups excluding carboxylic acids is 1. The fraction of sp³-hybridized carbons (Fsp3) is 0.333. The number of aromatic nitrogens is 5. The summed E-state index contributed by atoms with van der Waals surface area (Å²) in [5.74, 6) is 1.45. The number of aryl methyl sites for hydroxylation is 4. The molecule has 1 saturated heterocycles.